The van der Waals surface area contributed by atoms with E-state index in [1.54, 1.807) is 12.3 Å². The molecule has 1 N–H and O–H groups in total. The molecule has 9 nitrogen and oxygen atoms in total. The normalized spacial score (nSPS) is 14.4. The summed E-state index contributed by atoms with van der Waals surface area (Å²) in [7, 11) is -4.90. The second-order valence-electron chi connectivity index (χ2n) is 7.69. The van der Waals surface area contributed by atoms with Gasteiger partial charge in [-0.15, -0.1) is 0 Å². The lowest BCUT2D eigenvalue weighted by Crippen LogP contribution is -2.49. The Morgan fingerprint density at radius 3 is 2.41 bits per heavy atom. The fraction of sp³-hybridized carbons (Fsp3) is 0.273. The highest BCUT2D eigenvalue weighted by atomic mass is 32.2. The summed E-state index contributed by atoms with van der Waals surface area (Å²) in [6.07, 6.45) is 3.12. The van der Waals surface area contributed by atoms with Crippen molar-refractivity contribution in [2.75, 3.05) is 36.4 Å². The van der Waals surface area contributed by atoms with Crippen LogP contribution in [0, 0.1) is 6.92 Å². The van der Waals surface area contributed by atoms with Gasteiger partial charge in [0.1, 0.15) is 23.8 Å². The minimum Gasteiger partial charge on any atom is -0.353 e. The third kappa shape index (κ3) is 4.96. The summed E-state index contributed by atoms with van der Waals surface area (Å²) < 4.78 is 50.2. The van der Waals surface area contributed by atoms with E-state index in [1.807, 2.05) is 24.0 Å². The van der Waals surface area contributed by atoms with Crippen LogP contribution < -0.4 is 10.2 Å². The van der Waals surface area contributed by atoms with Crippen molar-refractivity contribution in [1.82, 2.24) is 19.9 Å². The smallest absolute Gasteiger partial charge is 0.341 e. The molecule has 0 saturated carbocycles. The van der Waals surface area contributed by atoms with E-state index in [2.05, 4.69) is 20.3 Å². The SMILES string of the molecule is Cc1ccnc(Nc2cc(N3CCN(C(=O)c4ccccc4S(=O)(=O)C(F)F)CC3)ncn2)c1. The molecule has 0 bridgehead atoms. The molecule has 0 spiro atoms. The summed E-state index contributed by atoms with van der Waals surface area (Å²) in [6.45, 7) is 3.35. The van der Waals surface area contributed by atoms with Gasteiger partial charge in [-0.1, -0.05) is 12.1 Å². The van der Waals surface area contributed by atoms with E-state index in [-0.39, 0.29) is 18.7 Å². The zero-order chi connectivity index (χ0) is 24.3. The highest BCUT2D eigenvalue weighted by molar-refractivity contribution is 7.91. The van der Waals surface area contributed by atoms with Gasteiger partial charge < -0.3 is 15.1 Å². The van der Waals surface area contributed by atoms with Gasteiger partial charge in [-0.25, -0.2) is 23.4 Å². The molecule has 1 saturated heterocycles. The Balaban J connectivity index is 1.45. The number of alkyl halides is 2. The first-order chi connectivity index (χ1) is 16.3. The van der Waals surface area contributed by atoms with Gasteiger partial charge in [-0.2, -0.15) is 8.78 Å². The molecule has 0 unspecified atom stereocenters. The molecule has 3 aromatic rings. The molecule has 1 aliphatic rings. The van der Waals surface area contributed by atoms with Gasteiger partial charge in [0, 0.05) is 38.4 Å². The molecule has 12 heteroatoms. The number of carbonyl (C=O) groups is 1. The predicted molar refractivity (Wildman–Crippen MR) is 122 cm³/mol. The topological polar surface area (TPSA) is 108 Å². The van der Waals surface area contributed by atoms with E-state index in [9.17, 15) is 22.0 Å². The Labute approximate surface area is 195 Å². The third-order valence-corrected chi connectivity index (χ3v) is 6.81. The lowest BCUT2D eigenvalue weighted by molar-refractivity contribution is 0.0742. The molecule has 0 atom stereocenters. The summed E-state index contributed by atoms with van der Waals surface area (Å²) in [5, 5.41) is 3.13. The quantitative estimate of drug-likeness (QED) is 0.564. The zero-order valence-electron chi connectivity index (χ0n) is 18.2. The van der Waals surface area contributed by atoms with Crippen LogP contribution >= 0.6 is 0 Å². The molecular weight excluding hydrogens is 466 g/mol. The summed E-state index contributed by atoms with van der Waals surface area (Å²) in [6, 6.07) is 10.6. The number of sulfone groups is 1. The van der Waals surface area contributed by atoms with Crippen molar-refractivity contribution in [3.05, 3.63) is 66.1 Å². The number of carbonyl (C=O) groups excluding carboxylic acids is 1. The van der Waals surface area contributed by atoms with E-state index in [4.69, 9.17) is 0 Å². The van der Waals surface area contributed by atoms with Gasteiger partial charge >= 0.3 is 5.76 Å². The number of nitrogens with zero attached hydrogens (tertiary/aromatic N) is 5. The first-order valence-electron chi connectivity index (χ1n) is 10.4. The molecule has 4 rings (SSSR count). The van der Waals surface area contributed by atoms with Crippen molar-refractivity contribution in [2.45, 2.75) is 17.6 Å². The number of rotatable bonds is 6. The van der Waals surface area contributed by atoms with Crippen LogP contribution in [0.15, 0.2) is 59.9 Å². The number of hydrogen-bond acceptors (Lipinski definition) is 8. The number of hydrogen-bond donors (Lipinski definition) is 1. The second-order valence-corrected chi connectivity index (χ2v) is 9.57. The van der Waals surface area contributed by atoms with Crippen LogP contribution in [-0.4, -0.2) is 66.1 Å². The van der Waals surface area contributed by atoms with Crippen LogP contribution in [0.2, 0.25) is 0 Å². The first-order valence-corrected chi connectivity index (χ1v) is 12.0. The third-order valence-electron chi connectivity index (χ3n) is 5.37. The van der Waals surface area contributed by atoms with Crippen molar-refractivity contribution in [3.8, 4) is 0 Å². The minimum atomic E-state index is -4.90. The van der Waals surface area contributed by atoms with Crippen LogP contribution in [0.3, 0.4) is 0 Å². The van der Waals surface area contributed by atoms with Gasteiger partial charge in [0.25, 0.3) is 5.91 Å². The van der Waals surface area contributed by atoms with Gasteiger partial charge in [0.15, 0.2) is 0 Å². The highest BCUT2D eigenvalue weighted by Gasteiger charge is 2.33. The lowest BCUT2D eigenvalue weighted by atomic mass is 10.2. The van der Waals surface area contributed by atoms with E-state index in [0.717, 1.165) is 11.6 Å². The summed E-state index contributed by atoms with van der Waals surface area (Å²) in [5.74, 6) is -2.34. The zero-order valence-corrected chi connectivity index (χ0v) is 19.0. The summed E-state index contributed by atoms with van der Waals surface area (Å²) >= 11 is 0. The van der Waals surface area contributed by atoms with Crippen molar-refractivity contribution in [1.29, 1.82) is 0 Å². The standard InChI is InChI=1S/C22H22F2N6O3S/c1-15-6-7-25-18(12-15)28-19-13-20(27-14-26-19)29-8-10-30(11-9-29)21(31)16-4-2-3-5-17(16)34(32,33)22(23)24/h2-7,12-14,22H,8-11H2,1H3,(H,25,26,27,28). The molecule has 1 aliphatic heterocycles. The molecule has 1 aromatic carbocycles. The second kappa shape index (κ2) is 9.67. The van der Waals surface area contributed by atoms with Gasteiger partial charge in [0.05, 0.1) is 10.5 Å². The number of amides is 1. The number of nitrogens with one attached hydrogen (secondary N) is 1. The van der Waals surface area contributed by atoms with E-state index in [1.165, 1.54) is 29.4 Å². The van der Waals surface area contributed by atoms with E-state index in [0.29, 0.717) is 30.5 Å². The molecule has 34 heavy (non-hydrogen) atoms. The van der Waals surface area contributed by atoms with Crippen molar-refractivity contribution in [2.24, 2.45) is 0 Å². The lowest BCUT2D eigenvalue weighted by Gasteiger charge is -2.35. The highest BCUT2D eigenvalue weighted by Crippen LogP contribution is 2.25. The molecule has 1 amide bonds. The minimum absolute atomic E-state index is 0.254. The van der Waals surface area contributed by atoms with Crippen molar-refractivity contribution < 1.29 is 22.0 Å². The Kier molecular flexibility index (Phi) is 6.68. The van der Waals surface area contributed by atoms with Crippen molar-refractivity contribution in [3.63, 3.8) is 0 Å². The number of aromatic nitrogens is 3. The van der Waals surface area contributed by atoms with E-state index >= 15 is 0 Å². The first kappa shape index (κ1) is 23.5. The molecule has 3 heterocycles. The van der Waals surface area contributed by atoms with Crippen LogP contribution in [0.1, 0.15) is 15.9 Å². The number of pyridine rings is 1. The molecular formula is C22H22F2N6O3S. The molecule has 178 valence electrons. The summed E-state index contributed by atoms with van der Waals surface area (Å²) in [4.78, 5) is 28.5. The van der Waals surface area contributed by atoms with Crippen LogP contribution in [0.5, 0.6) is 0 Å². The Hall–Kier alpha value is -3.67. The average molecular weight is 489 g/mol. The maximum atomic E-state index is 13.1. The van der Waals surface area contributed by atoms with Gasteiger partial charge in [-0.3, -0.25) is 4.79 Å². The summed E-state index contributed by atoms with van der Waals surface area (Å²) in [5.41, 5.74) is 0.797. The van der Waals surface area contributed by atoms with Crippen LogP contribution in [0.25, 0.3) is 0 Å². The predicted octanol–water partition coefficient (Wildman–Crippen LogP) is 2.88. The average Bonchev–Trinajstić information content (AvgIpc) is 2.84. The van der Waals surface area contributed by atoms with Gasteiger partial charge in [-0.05, 0) is 36.8 Å². The number of aryl methyl sites for hydroxylation is 1. The van der Waals surface area contributed by atoms with Crippen LogP contribution in [0.4, 0.5) is 26.2 Å². The van der Waals surface area contributed by atoms with Crippen LogP contribution in [-0.2, 0) is 9.84 Å². The largest absolute Gasteiger partial charge is 0.353 e. The number of halogens is 2. The van der Waals surface area contributed by atoms with E-state index < -0.39 is 26.4 Å². The fourth-order valence-electron chi connectivity index (χ4n) is 3.62. The number of benzene rings is 1. The molecule has 0 aliphatic carbocycles. The Morgan fingerprint density at radius 1 is 1.00 bits per heavy atom. The number of piperazine rings is 1. The maximum Gasteiger partial charge on any atom is 0.341 e. The number of anilines is 3. The monoisotopic (exact) mass is 488 g/mol. The molecule has 0 radical (unpaired) electrons. The van der Waals surface area contributed by atoms with Crippen molar-refractivity contribution >= 4 is 33.2 Å². The molecule has 1 fully saturated rings. The van der Waals surface area contributed by atoms with Gasteiger partial charge in [0.2, 0.25) is 9.84 Å². The fourth-order valence-corrected chi connectivity index (χ4v) is 4.54. The molecule has 2 aromatic heterocycles. The Morgan fingerprint density at radius 2 is 1.71 bits per heavy atom. The Bertz CT molecular complexity index is 1300. The maximum absolute atomic E-state index is 13.1.